The van der Waals surface area contributed by atoms with Gasteiger partial charge in [0.2, 0.25) is 0 Å². The van der Waals surface area contributed by atoms with Crippen molar-refractivity contribution < 1.29 is 87.9 Å². The second-order valence-electron chi connectivity index (χ2n) is 18.7. The molecule has 0 radical (unpaired) electrons. The Morgan fingerprint density at radius 2 is 0.971 bits per heavy atom. The van der Waals surface area contributed by atoms with E-state index in [1.165, 1.54) is 103 Å². The summed E-state index contributed by atoms with van der Waals surface area (Å²) in [6.45, 7) is 2.22. The van der Waals surface area contributed by atoms with Crippen molar-refractivity contribution in [2.24, 2.45) is 0 Å². The summed E-state index contributed by atoms with van der Waals surface area (Å²) >= 11 is 0. The molecule has 2 rings (SSSR count). The quantitative estimate of drug-likeness (QED) is 0.0145. The summed E-state index contributed by atoms with van der Waals surface area (Å²) < 4.78 is 45.5. The van der Waals surface area contributed by atoms with E-state index >= 15 is 0 Å². The number of phosphoric acid groups is 1. The first kappa shape index (κ1) is 62.5. The van der Waals surface area contributed by atoms with Crippen LogP contribution in [-0.2, 0) is 42.1 Å². The van der Waals surface area contributed by atoms with Crippen molar-refractivity contribution in [1.29, 1.82) is 0 Å². The Kier molecular flexibility index (Phi) is 34.2. The van der Waals surface area contributed by atoms with Crippen molar-refractivity contribution >= 4 is 19.8 Å². The van der Waals surface area contributed by atoms with Gasteiger partial charge in [-0.3, -0.25) is 18.6 Å². The number of phosphoric ester groups is 1. The van der Waals surface area contributed by atoms with Gasteiger partial charge < -0.3 is 64.7 Å². The summed E-state index contributed by atoms with van der Waals surface area (Å²) in [6.07, 6.45) is 10.1. The van der Waals surface area contributed by atoms with E-state index in [0.717, 1.165) is 51.4 Å². The maximum atomic E-state index is 13.4. The van der Waals surface area contributed by atoms with Gasteiger partial charge in [-0.05, 0) is 38.5 Å². The van der Waals surface area contributed by atoms with Gasteiger partial charge in [0.15, 0.2) is 12.4 Å². The largest absolute Gasteiger partial charge is 0.472 e. The number of allylic oxidation sites excluding steroid dienone is 2. The second kappa shape index (κ2) is 37.2. The van der Waals surface area contributed by atoms with Crippen molar-refractivity contribution in [3.63, 3.8) is 0 Å². The SMILES string of the molecule is CCCCCCCCCC=CCCCCCC(=O)OC(COC(=O)CCCCCCCCCCCCCCCC)COP(=O)(O)OC1C(O)C(O)C(O)C(O)C1OC1OC(CO)C(O)C(O)C1O. The third-order valence-electron chi connectivity index (χ3n) is 12.7. The summed E-state index contributed by atoms with van der Waals surface area (Å²) in [6, 6.07) is 0. The van der Waals surface area contributed by atoms with Crippen LogP contribution in [-0.4, -0.2) is 151 Å². The summed E-state index contributed by atoms with van der Waals surface area (Å²) in [5.41, 5.74) is 0. The highest BCUT2D eigenvalue weighted by atomic mass is 31.2. The molecule has 18 nitrogen and oxygen atoms in total. The van der Waals surface area contributed by atoms with Gasteiger partial charge in [-0.2, -0.15) is 0 Å². The molecule has 0 spiro atoms. The van der Waals surface area contributed by atoms with Crippen molar-refractivity contribution in [2.75, 3.05) is 19.8 Å². The molecule has 9 N–H and O–H groups in total. The summed E-state index contributed by atoms with van der Waals surface area (Å²) in [5, 5.41) is 82.9. The van der Waals surface area contributed by atoms with Crippen LogP contribution in [0.15, 0.2) is 12.2 Å². The van der Waals surface area contributed by atoms with Crippen LogP contribution < -0.4 is 0 Å². The molecule has 68 heavy (non-hydrogen) atoms. The number of ether oxygens (including phenoxy) is 4. The zero-order chi connectivity index (χ0) is 50.2. The molecular weight excluding hydrogens is 907 g/mol. The smallest absolute Gasteiger partial charge is 0.462 e. The maximum Gasteiger partial charge on any atom is 0.472 e. The van der Waals surface area contributed by atoms with Gasteiger partial charge in [-0.1, -0.05) is 154 Å². The van der Waals surface area contributed by atoms with E-state index in [0.29, 0.717) is 12.8 Å². The van der Waals surface area contributed by atoms with Gasteiger partial charge >= 0.3 is 19.8 Å². The molecule has 0 aromatic carbocycles. The maximum absolute atomic E-state index is 13.4. The van der Waals surface area contributed by atoms with Gasteiger partial charge in [-0.15, -0.1) is 0 Å². The molecule has 13 unspecified atom stereocenters. The summed E-state index contributed by atoms with van der Waals surface area (Å²) in [7, 11) is -5.37. The van der Waals surface area contributed by atoms with Crippen molar-refractivity contribution in [3.8, 4) is 0 Å². The number of unbranched alkanes of at least 4 members (excludes halogenated alkanes) is 23. The molecule has 13 atom stereocenters. The van der Waals surface area contributed by atoms with Crippen LogP contribution in [0.3, 0.4) is 0 Å². The molecule has 1 saturated carbocycles. The lowest BCUT2D eigenvalue weighted by molar-refractivity contribution is -0.338. The van der Waals surface area contributed by atoms with Gasteiger partial charge in [0.25, 0.3) is 0 Å². The Bertz CT molecular complexity index is 1370. The van der Waals surface area contributed by atoms with Gasteiger partial charge in [0.1, 0.15) is 67.6 Å². The number of carbonyl (C=O) groups excluding carboxylic acids is 2. The van der Waals surface area contributed by atoms with Crippen molar-refractivity contribution in [3.05, 3.63) is 12.2 Å². The molecule has 0 amide bonds. The van der Waals surface area contributed by atoms with Crippen LogP contribution in [0.2, 0.25) is 0 Å². The number of aliphatic hydroxyl groups is 8. The van der Waals surface area contributed by atoms with E-state index in [4.69, 9.17) is 28.0 Å². The van der Waals surface area contributed by atoms with Gasteiger partial charge in [-0.25, -0.2) is 4.57 Å². The number of hydrogen-bond donors (Lipinski definition) is 9. The van der Waals surface area contributed by atoms with E-state index in [9.17, 15) is 59.9 Å². The molecular formula is C49H91O18P. The number of carbonyl (C=O) groups is 2. The van der Waals surface area contributed by atoms with Crippen LogP contribution in [0.5, 0.6) is 0 Å². The standard InChI is InChI=1S/C49H91O18P/c1-3-5-7-9-11-13-15-17-19-21-23-25-27-29-31-38(51)62-34-36(64-39(52)32-30-28-26-24-22-20-18-16-14-12-10-8-6-4-2)35-63-68(60,61)67-48-45(58)43(56)42(55)44(57)47(48)66-49-46(59)41(54)40(53)37(33-50)65-49/h20,22,36-37,40-50,53-59H,3-19,21,23-35H2,1-2H3,(H,60,61). The first-order chi connectivity index (χ1) is 32.7. The highest BCUT2D eigenvalue weighted by Crippen LogP contribution is 2.48. The number of aliphatic hydroxyl groups excluding tert-OH is 8. The first-order valence-corrected chi connectivity index (χ1v) is 27.5. The molecule has 2 fully saturated rings. The highest BCUT2D eigenvalue weighted by Gasteiger charge is 2.55. The highest BCUT2D eigenvalue weighted by molar-refractivity contribution is 7.47. The van der Waals surface area contributed by atoms with Gasteiger partial charge in [0.05, 0.1) is 13.2 Å². The third-order valence-corrected chi connectivity index (χ3v) is 13.7. The van der Waals surface area contributed by atoms with E-state index in [1.807, 2.05) is 0 Å². The molecule has 1 heterocycles. The fourth-order valence-corrected chi connectivity index (χ4v) is 9.37. The summed E-state index contributed by atoms with van der Waals surface area (Å²) in [5.74, 6) is -1.23. The normalized spacial score (nSPS) is 27.8. The number of rotatable bonds is 40. The zero-order valence-electron chi connectivity index (χ0n) is 41.1. The molecule has 2 aliphatic rings. The lowest BCUT2D eigenvalue weighted by Gasteiger charge is -2.47. The Labute approximate surface area is 405 Å². The Morgan fingerprint density at radius 1 is 0.544 bits per heavy atom. The Hall–Kier alpha value is -1.61. The van der Waals surface area contributed by atoms with E-state index in [2.05, 4.69) is 26.0 Å². The average molecular weight is 999 g/mol. The first-order valence-electron chi connectivity index (χ1n) is 26.0. The predicted molar refractivity (Wildman–Crippen MR) is 254 cm³/mol. The van der Waals surface area contributed by atoms with Crippen LogP contribution in [0.25, 0.3) is 0 Å². The van der Waals surface area contributed by atoms with E-state index in [-0.39, 0.29) is 12.8 Å². The second-order valence-corrected chi connectivity index (χ2v) is 20.1. The molecule has 400 valence electrons. The topological polar surface area (TPSA) is 289 Å². The minimum Gasteiger partial charge on any atom is -0.462 e. The van der Waals surface area contributed by atoms with Crippen LogP contribution in [0.4, 0.5) is 0 Å². The molecule has 1 aliphatic carbocycles. The van der Waals surface area contributed by atoms with Crippen LogP contribution in [0.1, 0.15) is 194 Å². The Balaban J connectivity index is 1.94. The monoisotopic (exact) mass is 999 g/mol. The lowest BCUT2D eigenvalue weighted by Crippen LogP contribution is -2.67. The molecule has 19 heteroatoms. The van der Waals surface area contributed by atoms with E-state index in [1.54, 1.807) is 0 Å². The minimum absolute atomic E-state index is 0.0157. The van der Waals surface area contributed by atoms with Crippen LogP contribution in [0, 0.1) is 0 Å². The molecule has 0 bridgehead atoms. The third kappa shape index (κ3) is 25.7. The Morgan fingerprint density at radius 3 is 1.47 bits per heavy atom. The fourth-order valence-electron chi connectivity index (χ4n) is 8.40. The van der Waals surface area contributed by atoms with Gasteiger partial charge in [0, 0.05) is 12.8 Å². The molecule has 0 aromatic rings. The zero-order valence-corrected chi connectivity index (χ0v) is 42.0. The van der Waals surface area contributed by atoms with Crippen molar-refractivity contribution in [2.45, 2.75) is 267 Å². The lowest BCUT2D eigenvalue weighted by atomic mass is 9.84. The fraction of sp³-hybridized carbons (Fsp3) is 0.918. The predicted octanol–water partition coefficient (Wildman–Crippen LogP) is 6.10. The van der Waals surface area contributed by atoms with E-state index < -0.39 is 113 Å². The average Bonchev–Trinajstić information content (AvgIpc) is 3.32. The number of hydrogen-bond acceptors (Lipinski definition) is 17. The van der Waals surface area contributed by atoms with Crippen LogP contribution >= 0.6 is 7.82 Å². The number of esters is 2. The summed E-state index contributed by atoms with van der Waals surface area (Å²) in [4.78, 5) is 36.5. The van der Waals surface area contributed by atoms with Crippen molar-refractivity contribution in [1.82, 2.24) is 0 Å². The molecule has 0 aromatic heterocycles. The minimum atomic E-state index is -5.37. The molecule has 1 saturated heterocycles. The molecule has 1 aliphatic heterocycles.